The minimum atomic E-state index is -3.19. The lowest BCUT2D eigenvalue weighted by molar-refractivity contribution is -0.109. The number of benzene rings is 1. The molecule has 156 valence electrons. The molecule has 0 aromatic heterocycles. The molecule has 4 rings (SSSR count). The van der Waals surface area contributed by atoms with Gasteiger partial charge >= 0.3 is 0 Å². The van der Waals surface area contributed by atoms with Crippen LogP contribution in [0.25, 0.3) is 0 Å². The van der Waals surface area contributed by atoms with E-state index >= 15 is 0 Å². The fraction of sp³-hybridized carbons (Fsp3) is 0.750. The predicted octanol–water partition coefficient (Wildman–Crippen LogP) is 4.89. The van der Waals surface area contributed by atoms with E-state index in [9.17, 15) is 8.42 Å². The Balaban J connectivity index is 1.74. The quantitative estimate of drug-likeness (QED) is 0.764. The summed E-state index contributed by atoms with van der Waals surface area (Å²) in [5.74, 6) is 1.19. The van der Waals surface area contributed by atoms with Crippen molar-refractivity contribution >= 4 is 10.0 Å². The number of fused-ring (bicyclic) bond motifs is 5. The highest BCUT2D eigenvalue weighted by atomic mass is 32.2. The van der Waals surface area contributed by atoms with Crippen LogP contribution in [0, 0.1) is 36.5 Å². The van der Waals surface area contributed by atoms with E-state index in [0.717, 1.165) is 12.8 Å². The summed E-state index contributed by atoms with van der Waals surface area (Å²) >= 11 is 0. The third-order valence-electron chi connectivity index (χ3n) is 8.99. The minimum absolute atomic E-state index is 0.0306. The Morgan fingerprint density at radius 3 is 2.32 bits per heavy atom. The molecule has 5 atom stereocenters. The Labute approximate surface area is 171 Å². The van der Waals surface area contributed by atoms with E-state index in [2.05, 4.69) is 58.4 Å². The van der Waals surface area contributed by atoms with Crippen molar-refractivity contribution < 1.29 is 8.42 Å². The molecule has 2 fully saturated rings. The van der Waals surface area contributed by atoms with Gasteiger partial charge in [-0.05, 0) is 90.7 Å². The minimum Gasteiger partial charge on any atom is -0.213 e. The molecule has 28 heavy (non-hydrogen) atoms. The monoisotopic (exact) mass is 403 g/mol. The fourth-order valence-corrected chi connectivity index (χ4v) is 8.98. The largest absolute Gasteiger partial charge is 0.213 e. The third kappa shape index (κ3) is 2.81. The number of rotatable bonds is 2. The number of sulfonamides is 1. The van der Waals surface area contributed by atoms with E-state index in [1.165, 1.54) is 36.6 Å². The molecule has 5 unspecified atom stereocenters. The van der Waals surface area contributed by atoms with E-state index in [-0.39, 0.29) is 22.3 Å². The molecule has 1 aromatic rings. The van der Waals surface area contributed by atoms with Gasteiger partial charge in [-0.3, -0.25) is 0 Å². The molecule has 0 heterocycles. The summed E-state index contributed by atoms with van der Waals surface area (Å²) in [6, 6.07) is 4.82. The molecular weight excluding hydrogens is 366 g/mol. The van der Waals surface area contributed by atoms with Crippen LogP contribution in [0.2, 0.25) is 0 Å². The van der Waals surface area contributed by atoms with Crippen LogP contribution >= 0.6 is 0 Å². The summed E-state index contributed by atoms with van der Waals surface area (Å²) in [5, 5.41) is 0. The second kappa shape index (κ2) is 6.07. The van der Waals surface area contributed by atoms with Gasteiger partial charge in [-0.2, -0.15) is 0 Å². The summed E-state index contributed by atoms with van der Waals surface area (Å²) in [5.41, 5.74) is 6.52. The summed E-state index contributed by atoms with van der Waals surface area (Å²) in [4.78, 5) is 0. The van der Waals surface area contributed by atoms with Crippen molar-refractivity contribution in [2.75, 3.05) is 6.26 Å². The highest BCUT2D eigenvalue weighted by Gasteiger charge is 2.63. The van der Waals surface area contributed by atoms with Crippen molar-refractivity contribution in [1.29, 1.82) is 0 Å². The van der Waals surface area contributed by atoms with E-state index in [0.29, 0.717) is 11.8 Å². The van der Waals surface area contributed by atoms with Crippen molar-refractivity contribution in [2.24, 2.45) is 22.7 Å². The highest BCUT2D eigenvalue weighted by molar-refractivity contribution is 7.88. The van der Waals surface area contributed by atoms with E-state index in [4.69, 9.17) is 0 Å². The maximum absolute atomic E-state index is 12.0. The maximum atomic E-state index is 12.0. The Hall–Kier alpha value is -0.870. The molecule has 1 N–H and O–H groups in total. The van der Waals surface area contributed by atoms with Gasteiger partial charge in [0.05, 0.1) is 6.26 Å². The molecule has 0 saturated heterocycles. The smallest absolute Gasteiger partial charge is 0.208 e. The van der Waals surface area contributed by atoms with Gasteiger partial charge in [-0.1, -0.05) is 45.4 Å². The van der Waals surface area contributed by atoms with Gasteiger partial charge in [0.2, 0.25) is 10.0 Å². The second-order valence-electron chi connectivity index (χ2n) is 11.2. The standard InChI is InChI=1S/C24H37NO2S/c1-15-12-16(2)21-17(13-15)14-19-23(5)11-9-20(25-28(7,26)27)22(3,4)18(23)8-10-24(19,21)6/h12-13,18-20,25H,8-11,14H2,1-7H3. The van der Waals surface area contributed by atoms with Crippen molar-refractivity contribution in [3.05, 3.63) is 34.4 Å². The lowest BCUT2D eigenvalue weighted by Gasteiger charge is -2.63. The first-order chi connectivity index (χ1) is 12.8. The molecule has 0 bridgehead atoms. The van der Waals surface area contributed by atoms with Gasteiger partial charge in [0.15, 0.2) is 0 Å². The van der Waals surface area contributed by atoms with Gasteiger partial charge in [0.25, 0.3) is 0 Å². The molecule has 0 radical (unpaired) electrons. The van der Waals surface area contributed by atoms with Crippen molar-refractivity contribution in [3.63, 3.8) is 0 Å². The molecule has 0 spiro atoms. The summed E-state index contributed by atoms with van der Waals surface area (Å²) in [6.45, 7) is 14.2. The van der Waals surface area contributed by atoms with Crippen LogP contribution in [0.4, 0.5) is 0 Å². The lowest BCUT2D eigenvalue weighted by Crippen LogP contribution is -2.61. The lowest BCUT2D eigenvalue weighted by atomic mass is 9.42. The normalized spacial score (nSPS) is 39.2. The van der Waals surface area contributed by atoms with Crippen LogP contribution in [-0.2, 0) is 21.9 Å². The number of hydrogen-bond donors (Lipinski definition) is 1. The first-order valence-corrected chi connectivity index (χ1v) is 12.8. The Morgan fingerprint density at radius 1 is 1.00 bits per heavy atom. The molecule has 3 aliphatic rings. The van der Waals surface area contributed by atoms with Crippen molar-refractivity contribution in [2.45, 2.75) is 85.1 Å². The van der Waals surface area contributed by atoms with Crippen LogP contribution in [0.3, 0.4) is 0 Å². The molecule has 2 saturated carbocycles. The highest BCUT2D eigenvalue weighted by Crippen LogP contribution is 2.67. The number of aryl methyl sites for hydroxylation is 2. The molecule has 0 amide bonds. The van der Waals surface area contributed by atoms with Gasteiger partial charge in [0.1, 0.15) is 0 Å². The van der Waals surface area contributed by atoms with Gasteiger partial charge in [0, 0.05) is 6.04 Å². The van der Waals surface area contributed by atoms with Gasteiger partial charge < -0.3 is 0 Å². The van der Waals surface area contributed by atoms with Crippen molar-refractivity contribution in [1.82, 2.24) is 4.72 Å². The fourth-order valence-electron chi connectivity index (χ4n) is 8.04. The van der Waals surface area contributed by atoms with Crippen molar-refractivity contribution in [3.8, 4) is 0 Å². The van der Waals surface area contributed by atoms with E-state index in [1.807, 2.05) is 0 Å². The van der Waals surface area contributed by atoms with E-state index < -0.39 is 10.0 Å². The molecule has 4 heteroatoms. The average Bonchev–Trinajstić information content (AvgIpc) is 2.83. The van der Waals surface area contributed by atoms with Gasteiger partial charge in [-0.25, -0.2) is 13.1 Å². The predicted molar refractivity (Wildman–Crippen MR) is 116 cm³/mol. The SMILES string of the molecule is Cc1cc(C)c2c(c1)CC1C2(C)CCC2C(C)(C)C(NS(C)(=O)=O)CCC12C. The average molecular weight is 404 g/mol. The van der Waals surface area contributed by atoms with Crippen LogP contribution in [0.5, 0.6) is 0 Å². The zero-order valence-electron chi connectivity index (χ0n) is 18.6. The van der Waals surface area contributed by atoms with Crippen LogP contribution in [0.15, 0.2) is 12.1 Å². The summed E-state index contributed by atoms with van der Waals surface area (Å²) in [7, 11) is -3.19. The Bertz CT molecular complexity index is 919. The molecular formula is C24H37NO2S. The second-order valence-corrected chi connectivity index (χ2v) is 13.0. The van der Waals surface area contributed by atoms with Crippen LogP contribution in [-0.4, -0.2) is 20.7 Å². The third-order valence-corrected chi connectivity index (χ3v) is 9.71. The topological polar surface area (TPSA) is 46.2 Å². The van der Waals surface area contributed by atoms with Gasteiger partial charge in [-0.15, -0.1) is 0 Å². The molecule has 1 aromatic carbocycles. The molecule has 3 aliphatic carbocycles. The first-order valence-electron chi connectivity index (χ1n) is 10.9. The van der Waals surface area contributed by atoms with E-state index in [1.54, 1.807) is 11.1 Å². The molecule has 0 aliphatic heterocycles. The summed E-state index contributed by atoms with van der Waals surface area (Å²) < 4.78 is 26.9. The maximum Gasteiger partial charge on any atom is 0.208 e. The summed E-state index contributed by atoms with van der Waals surface area (Å²) in [6.07, 6.45) is 6.93. The Kier molecular flexibility index (Phi) is 4.43. The number of hydrogen-bond acceptors (Lipinski definition) is 2. The zero-order chi connectivity index (χ0) is 20.7. The van der Waals surface area contributed by atoms with Crippen LogP contribution in [0.1, 0.15) is 75.6 Å². The number of nitrogens with one attached hydrogen (secondary N) is 1. The first kappa shape index (κ1) is 20.4. The molecule has 3 nitrogen and oxygen atoms in total. The zero-order valence-corrected chi connectivity index (χ0v) is 19.5. The van der Waals surface area contributed by atoms with Crippen LogP contribution < -0.4 is 4.72 Å². The Morgan fingerprint density at radius 2 is 1.68 bits per heavy atom.